The molecule has 13 heavy (non-hydrogen) atoms. The summed E-state index contributed by atoms with van der Waals surface area (Å²) in [7, 11) is 0. The van der Waals surface area contributed by atoms with E-state index in [-0.39, 0.29) is 0 Å². The first-order valence-corrected chi connectivity index (χ1v) is 3.61. The van der Waals surface area contributed by atoms with Gasteiger partial charge < -0.3 is 31.4 Å². The Morgan fingerprint density at radius 3 is 2.08 bits per heavy atom. The van der Waals surface area contributed by atoms with Crippen molar-refractivity contribution in [1.29, 1.82) is 0 Å². The first kappa shape index (κ1) is 12.3. The second-order valence-electron chi connectivity index (χ2n) is 2.52. The third kappa shape index (κ3) is 3.66. The molecule has 7 N–H and O–H groups in total. The molecule has 0 fully saturated rings. The fourth-order valence-electron chi connectivity index (χ4n) is 0.714. The Balaban J connectivity index is 4.15. The molecule has 0 aromatic rings. The van der Waals surface area contributed by atoms with Crippen molar-refractivity contribution in [2.24, 2.45) is 10.9 Å². The third-order valence-corrected chi connectivity index (χ3v) is 1.52. The predicted octanol–water partition coefficient (Wildman–Crippen LogP) is -3.63. The molecule has 0 radical (unpaired) electrons. The minimum atomic E-state index is -1.65. The average Bonchev–Trinajstić information content (AvgIpc) is 2.14. The molecule has 4 atom stereocenters. The van der Waals surface area contributed by atoms with Crippen molar-refractivity contribution < 1.29 is 25.5 Å². The van der Waals surface area contributed by atoms with Crippen LogP contribution in [0.3, 0.4) is 0 Å². The number of hydrazone groups is 1. The molecule has 0 saturated carbocycles. The zero-order valence-electron chi connectivity index (χ0n) is 6.85. The molecular weight excluding hydrogens is 180 g/mol. The normalized spacial score (nSPS) is 21.3. The molecule has 0 heterocycles. The van der Waals surface area contributed by atoms with Crippen molar-refractivity contribution in [3.05, 3.63) is 0 Å². The van der Waals surface area contributed by atoms with Gasteiger partial charge in [-0.1, -0.05) is 0 Å². The molecule has 0 unspecified atom stereocenters. The molecule has 0 aromatic heterocycles. The summed E-state index contributed by atoms with van der Waals surface area (Å²) in [6, 6.07) is 0. The van der Waals surface area contributed by atoms with Gasteiger partial charge in [-0.2, -0.15) is 5.10 Å². The van der Waals surface area contributed by atoms with Gasteiger partial charge in [0.05, 0.1) is 12.8 Å². The molecular formula is C6H14N2O5. The largest absolute Gasteiger partial charge is 0.394 e. The van der Waals surface area contributed by atoms with Crippen LogP contribution in [0.1, 0.15) is 0 Å². The van der Waals surface area contributed by atoms with Crippen molar-refractivity contribution in [3.8, 4) is 0 Å². The van der Waals surface area contributed by atoms with Crippen LogP contribution in [0, 0.1) is 0 Å². The van der Waals surface area contributed by atoms with E-state index in [9.17, 15) is 0 Å². The lowest BCUT2D eigenvalue weighted by atomic mass is 10.0. The monoisotopic (exact) mass is 194 g/mol. The zero-order chi connectivity index (χ0) is 10.4. The number of nitrogens with zero attached hydrogens (tertiary/aromatic N) is 1. The molecule has 0 aliphatic rings. The van der Waals surface area contributed by atoms with Crippen LogP contribution < -0.4 is 5.84 Å². The van der Waals surface area contributed by atoms with Crippen LogP contribution >= 0.6 is 0 Å². The van der Waals surface area contributed by atoms with E-state index >= 15 is 0 Å². The maximum Gasteiger partial charge on any atom is 0.119 e. The zero-order valence-corrected chi connectivity index (χ0v) is 6.85. The van der Waals surface area contributed by atoms with Crippen molar-refractivity contribution in [1.82, 2.24) is 0 Å². The summed E-state index contributed by atoms with van der Waals surface area (Å²) in [5.41, 5.74) is 0. The van der Waals surface area contributed by atoms with E-state index in [2.05, 4.69) is 10.9 Å². The Labute approximate surface area is 74.7 Å². The Bertz CT molecular complexity index is 165. The number of nitrogens with two attached hydrogens (primary N) is 1. The number of aliphatic hydroxyl groups is 5. The van der Waals surface area contributed by atoms with Crippen molar-refractivity contribution in [2.45, 2.75) is 24.4 Å². The Morgan fingerprint density at radius 2 is 1.69 bits per heavy atom. The van der Waals surface area contributed by atoms with Gasteiger partial charge in [0, 0.05) is 0 Å². The smallest absolute Gasteiger partial charge is 0.119 e. The highest BCUT2D eigenvalue weighted by molar-refractivity contribution is 5.63. The highest BCUT2D eigenvalue weighted by Gasteiger charge is 2.28. The second kappa shape index (κ2) is 5.84. The highest BCUT2D eigenvalue weighted by Crippen LogP contribution is 2.03. The number of hydrogen-bond donors (Lipinski definition) is 6. The predicted molar refractivity (Wildman–Crippen MR) is 43.8 cm³/mol. The number of hydrogen-bond acceptors (Lipinski definition) is 7. The van der Waals surface area contributed by atoms with Gasteiger partial charge >= 0.3 is 0 Å². The average molecular weight is 194 g/mol. The minimum absolute atomic E-state index is 0.718. The van der Waals surface area contributed by atoms with Crippen LogP contribution in [0.15, 0.2) is 5.10 Å². The lowest BCUT2D eigenvalue weighted by molar-refractivity contribution is -0.0999. The van der Waals surface area contributed by atoms with Gasteiger partial charge in [0.15, 0.2) is 0 Å². The molecule has 0 saturated heterocycles. The molecule has 0 spiro atoms. The molecule has 7 nitrogen and oxygen atoms in total. The molecule has 0 bridgehead atoms. The van der Waals surface area contributed by atoms with Gasteiger partial charge in [0.1, 0.15) is 24.4 Å². The first-order chi connectivity index (χ1) is 6.04. The first-order valence-electron chi connectivity index (χ1n) is 3.61. The summed E-state index contributed by atoms with van der Waals surface area (Å²) in [5.74, 6) is 4.68. The molecule has 78 valence electrons. The maximum atomic E-state index is 9.10. The van der Waals surface area contributed by atoms with E-state index in [1.165, 1.54) is 0 Å². The summed E-state index contributed by atoms with van der Waals surface area (Å²) in [4.78, 5) is 0. The fraction of sp³-hybridized carbons (Fsp3) is 0.833. The van der Waals surface area contributed by atoms with Gasteiger partial charge in [-0.25, -0.2) is 0 Å². The molecule has 0 rings (SSSR count). The fourth-order valence-corrected chi connectivity index (χ4v) is 0.714. The Morgan fingerprint density at radius 1 is 1.15 bits per heavy atom. The summed E-state index contributed by atoms with van der Waals surface area (Å²) < 4.78 is 0. The summed E-state index contributed by atoms with van der Waals surface area (Å²) in [6.07, 6.45) is -5.50. The van der Waals surface area contributed by atoms with Gasteiger partial charge in [0.25, 0.3) is 0 Å². The van der Waals surface area contributed by atoms with Crippen LogP contribution in [0.25, 0.3) is 0 Å². The van der Waals surface area contributed by atoms with Crippen LogP contribution in [0.2, 0.25) is 0 Å². The SMILES string of the molecule is N/N=C\[C@@H](O)[C@@H](O)[C@H](O)[C@H](O)CO. The van der Waals surface area contributed by atoms with Gasteiger partial charge in [-0.15, -0.1) is 0 Å². The van der Waals surface area contributed by atoms with Gasteiger partial charge in [0.2, 0.25) is 0 Å². The van der Waals surface area contributed by atoms with Crippen LogP contribution in [-0.2, 0) is 0 Å². The van der Waals surface area contributed by atoms with E-state index in [0.29, 0.717) is 0 Å². The maximum absolute atomic E-state index is 9.10. The van der Waals surface area contributed by atoms with Crippen molar-refractivity contribution in [2.75, 3.05) is 6.61 Å². The molecule has 0 aliphatic carbocycles. The lowest BCUT2D eigenvalue weighted by Gasteiger charge is -2.23. The van der Waals surface area contributed by atoms with E-state index in [0.717, 1.165) is 6.21 Å². The second-order valence-corrected chi connectivity index (χ2v) is 2.52. The summed E-state index contributed by atoms with van der Waals surface area (Å²) in [6.45, 7) is -0.718. The van der Waals surface area contributed by atoms with E-state index in [1.807, 2.05) is 0 Å². The molecule has 0 aromatic carbocycles. The van der Waals surface area contributed by atoms with E-state index in [1.54, 1.807) is 0 Å². The third-order valence-electron chi connectivity index (χ3n) is 1.52. The topological polar surface area (TPSA) is 140 Å². The van der Waals surface area contributed by atoms with Crippen LogP contribution in [-0.4, -0.2) is 62.8 Å². The van der Waals surface area contributed by atoms with Crippen LogP contribution in [0.4, 0.5) is 0 Å². The number of rotatable bonds is 5. The van der Waals surface area contributed by atoms with E-state index < -0.39 is 31.0 Å². The quantitative estimate of drug-likeness (QED) is 0.152. The van der Waals surface area contributed by atoms with Crippen LogP contribution in [0.5, 0.6) is 0 Å². The standard InChI is InChI=1S/C6H14N2O5/c7-8-1-3(10)5(12)6(13)4(11)2-9/h1,3-6,9-13H,2,7H2/b8-1-/t3-,4-,5-,6-/m1/s1. The number of aliphatic hydroxyl groups excluding tert-OH is 5. The molecule has 7 heteroatoms. The van der Waals surface area contributed by atoms with Crippen molar-refractivity contribution in [3.63, 3.8) is 0 Å². The Kier molecular flexibility index (Phi) is 5.51. The molecule has 0 aliphatic heterocycles. The van der Waals surface area contributed by atoms with Gasteiger partial charge in [-0.05, 0) is 0 Å². The van der Waals surface area contributed by atoms with E-state index in [4.69, 9.17) is 25.5 Å². The molecule has 0 amide bonds. The minimum Gasteiger partial charge on any atom is -0.394 e. The lowest BCUT2D eigenvalue weighted by Crippen LogP contribution is -2.46. The summed E-state index contributed by atoms with van der Waals surface area (Å²) in [5, 5.41) is 47.4. The Hall–Kier alpha value is -0.730. The highest BCUT2D eigenvalue weighted by atomic mass is 16.4. The van der Waals surface area contributed by atoms with Gasteiger partial charge in [-0.3, -0.25) is 0 Å². The summed E-state index contributed by atoms with van der Waals surface area (Å²) >= 11 is 0. The van der Waals surface area contributed by atoms with Crippen molar-refractivity contribution >= 4 is 6.21 Å².